The fourth-order valence-electron chi connectivity index (χ4n) is 4.19. The van der Waals surface area contributed by atoms with Crippen LogP contribution in [-0.2, 0) is 17.8 Å². The second kappa shape index (κ2) is 8.39. The highest BCUT2D eigenvalue weighted by molar-refractivity contribution is 6.03. The van der Waals surface area contributed by atoms with Crippen LogP contribution >= 0.6 is 0 Å². The predicted molar refractivity (Wildman–Crippen MR) is 127 cm³/mol. The van der Waals surface area contributed by atoms with E-state index in [0.717, 1.165) is 38.8 Å². The molecule has 5 rings (SSSR count). The number of nitrogens with one attached hydrogen (secondary N) is 1. The molecule has 0 aliphatic carbocycles. The van der Waals surface area contributed by atoms with Gasteiger partial charge in [-0.3, -0.25) is 9.78 Å². The molecule has 0 atom stereocenters. The molecule has 0 spiro atoms. The molecule has 3 heterocycles. The van der Waals surface area contributed by atoms with Crippen molar-refractivity contribution < 1.29 is 13.6 Å². The summed E-state index contributed by atoms with van der Waals surface area (Å²) in [5.74, 6) is 0.550. The molecule has 6 heteroatoms. The number of carbonyl (C=O) groups excluding carboxylic acids is 1. The number of hydrogen-bond donors (Lipinski definition) is 1. The summed E-state index contributed by atoms with van der Waals surface area (Å²) in [5.41, 5.74) is 4.68. The van der Waals surface area contributed by atoms with Gasteiger partial charge in [0.25, 0.3) is 0 Å². The minimum Gasteiger partial charge on any atom is -0.461 e. The topological polar surface area (TPSA) is 85.3 Å². The normalized spacial score (nSPS) is 11.2. The molecule has 164 valence electrons. The second-order valence-electron chi connectivity index (χ2n) is 8.05. The number of benzene rings is 2. The summed E-state index contributed by atoms with van der Waals surface area (Å²) in [6, 6.07) is 17.4. The van der Waals surface area contributed by atoms with E-state index in [0.29, 0.717) is 23.3 Å². The van der Waals surface area contributed by atoms with Gasteiger partial charge in [-0.1, -0.05) is 30.3 Å². The van der Waals surface area contributed by atoms with Crippen molar-refractivity contribution in [1.29, 1.82) is 0 Å². The second-order valence-corrected chi connectivity index (χ2v) is 8.05. The summed E-state index contributed by atoms with van der Waals surface area (Å²) in [6.45, 7) is 4.15. The zero-order chi connectivity index (χ0) is 22.9. The van der Waals surface area contributed by atoms with Crippen LogP contribution in [0.15, 0.2) is 80.6 Å². The van der Waals surface area contributed by atoms with Crippen LogP contribution in [0.2, 0.25) is 0 Å². The Labute approximate surface area is 189 Å². The highest BCUT2D eigenvalue weighted by atomic mass is 16.4. The van der Waals surface area contributed by atoms with Crippen LogP contribution in [0.5, 0.6) is 0 Å². The Morgan fingerprint density at radius 2 is 1.67 bits per heavy atom. The molecule has 0 saturated carbocycles. The number of amides is 1. The van der Waals surface area contributed by atoms with Crippen molar-refractivity contribution in [1.82, 2.24) is 10.3 Å². The van der Waals surface area contributed by atoms with Gasteiger partial charge in [-0.2, -0.15) is 0 Å². The quantitative estimate of drug-likeness (QED) is 0.387. The van der Waals surface area contributed by atoms with Gasteiger partial charge < -0.3 is 14.2 Å². The maximum atomic E-state index is 12.7. The lowest BCUT2D eigenvalue weighted by Crippen LogP contribution is -2.27. The van der Waals surface area contributed by atoms with Crippen LogP contribution in [0.3, 0.4) is 0 Å². The third-order valence-corrected chi connectivity index (χ3v) is 5.91. The standard InChI is InChI=1S/C27H22N2O4/c1-16-20-12-22-24(32-17(2)26(22)19-6-4-3-5-7-19)14-23(20)33-27(31)21(16)13-25(30)29-15-18-8-10-28-11-9-18/h3-12,14H,13,15H2,1-2H3,(H,29,30). The Morgan fingerprint density at radius 1 is 0.939 bits per heavy atom. The smallest absolute Gasteiger partial charge is 0.340 e. The minimum absolute atomic E-state index is 0.0524. The molecule has 0 unspecified atom stereocenters. The van der Waals surface area contributed by atoms with E-state index in [2.05, 4.69) is 10.3 Å². The third kappa shape index (κ3) is 3.91. The number of carbonyl (C=O) groups is 1. The molecular weight excluding hydrogens is 416 g/mol. The van der Waals surface area contributed by atoms with E-state index in [1.54, 1.807) is 18.5 Å². The summed E-state index contributed by atoms with van der Waals surface area (Å²) in [6.07, 6.45) is 3.29. The van der Waals surface area contributed by atoms with Gasteiger partial charge in [0.1, 0.15) is 16.9 Å². The van der Waals surface area contributed by atoms with Crippen molar-refractivity contribution in [2.24, 2.45) is 0 Å². The van der Waals surface area contributed by atoms with Gasteiger partial charge in [-0.25, -0.2) is 4.79 Å². The Balaban J connectivity index is 1.53. The van der Waals surface area contributed by atoms with Crippen molar-refractivity contribution in [2.45, 2.75) is 26.8 Å². The van der Waals surface area contributed by atoms with Gasteiger partial charge in [-0.05, 0) is 48.7 Å². The van der Waals surface area contributed by atoms with Crippen molar-refractivity contribution in [3.05, 3.63) is 99.9 Å². The predicted octanol–water partition coefficient (Wildman–Crippen LogP) is 5.08. The van der Waals surface area contributed by atoms with E-state index in [1.807, 2.05) is 62.4 Å². The molecule has 6 nitrogen and oxygen atoms in total. The number of rotatable bonds is 5. The van der Waals surface area contributed by atoms with Gasteiger partial charge in [0.2, 0.25) is 5.91 Å². The number of furan rings is 1. The van der Waals surface area contributed by atoms with Crippen molar-refractivity contribution in [2.75, 3.05) is 0 Å². The molecule has 3 aromatic heterocycles. The van der Waals surface area contributed by atoms with E-state index >= 15 is 0 Å². The Hall–Kier alpha value is -4.19. The van der Waals surface area contributed by atoms with E-state index in [1.165, 1.54) is 0 Å². The number of hydrogen-bond acceptors (Lipinski definition) is 5. The lowest BCUT2D eigenvalue weighted by atomic mass is 9.98. The molecule has 0 aliphatic heterocycles. The highest BCUT2D eigenvalue weighted by Gasteiger charge is 2.19. The number of pyridine rings is 1. The Bertz CT molecular complexity index is 1530. The summed E-state index contributed by atoms with van der Waals surface area (Å²) < 4.78 is 11.6. The first kappa shape index (κ1) is 20.7. The molecular formula is C27H22N2O4. The zero-order valence-corrected chi connectivity index (χ0v) is 18.3. The average Bonchev–Trinajstić information content (AvgIpc) is 3.15. The molecule has 1 amide bonds. The van der Waals surface area contributed by atoms with Crippen LogP contribution in [0.4, 0.5) is 0 Å². The first-order chi connectivity index (χ1) is 16.0. The summed E-state index contributed by atoms with van der Waals surface area (Å²) in [5, 5.41) is 4.58. The first-order valence-corrected chi connectivity index (χ1v) is 10.7. The van der Waals surface area contributed by atoms with E-state index in [9.17, 15) is 9.59 Å². The van der Waals surface area contributed by atoms with Crippen LogP contribution in [-0.4, -0.2) is 10.9 Å². The molecule has 0 fully saturated rings. The fraction of sp³-hybridized carbons (Fsp3) is 0.148. The minimum atomic E-state index is -0.509. The summed E-state index contributed by atoms with van der Waals surface area (Å²) in [4.78, 5) is 29.2. The molecule has 1 N–H and O–H groups in total. The Morgan fingerprint density at radius 3 is 2.42 bits per heavy atom. The van der Waals surface area contributed by atoms with Crippen LogP contribution < -0.4 is 10.9 Å². The van der Waals surface area contributed by atoms with Crippen LogP contribution in [0.1, 0.15) is 22.5 Å². The van der Waals surface area contributed by atoms with Gasteiger partial charge in [0, 0.05) is 41.3 Å². The average molecular weight is 438 g/mol. The number of fused-ring (bicyclic) bond motifs is 2. The van der Waals surface area contributed by atoms with E-state index in [4.69, 9.17) is 8.83 Å². The summed E-state index contributed by atoms with van der Waals surface area (Å²) >= 11 is 0. The van der Waals surface area contributed by atoms with E-state index < -0.39 is 5.63 Å². The largest absolute Gasteiger partial charge is 0.461 e. The molecule has 0 saturated heterocycles. The molecule has 0 radical (unpaired) electrons. The molecule has 0 aliphatic rings. The molecule has 5 aromatic rings. The van der Waals surface area contributed by atoms with Crippen LogP contribution in [0, 0.1) is 13.8 Å². The van der Waals surface area contributed by atoms with Gasteiger partial charge in [-0.15, -0.1) is 0 Å². The SMILES string of the molecule is Cc1oc2cc3oc(=O)c(CC(=O)NCc4ccncc4)c(C)c3cc2c1-c1ccccc1. The molecule has 2 aromatic carbocycles. The maximum Gasteiger partial charge on any atom is 0.340 e. The van der Waals surface area contributed by atoms with Crippen molar-refractivity contribution in [3.63, 3.8) is 0 Å². The highest BCUT2D eigenvalue weighted by Crippen LogP contribution is 2.37. The maximum absolute atomic E-state index is 12.7. The van der Waals surface area contributed by atoms with Crippen LogP contribution in [0.25, 0.3) is 33.1 Å². The number of aryl methyl sites for hydroxylation is 2. The Kier molecular flexibility index (Phi) is 5.26. The number of nitrogens with zero attached hydrogens (tertiary/aromatic N) is 1. The zero-order valence-electron chi connectivity index (χ0n) is 18.3. The molecule has 33 heavy (non-hydrogen) atoms. The lowest BCUT2D eigenvalue weighted by Gasteiger charge is -2.09. The summed E-state index contributed by atoms with van der Waals surface area (Å²) in [7, 11) is 0. The van der Waals surface area contributed by atoms with Gasteiger partial charge in [0.15, 0.2) is 0 Å². The van der Waals surface area contributed by atoms with Crippen molar-refractivity contribution in [3.8, 4) is 11.1 Å². The van der Waals surface area contributed by atoms with Gasteiger partial charge >= 0.3 is 5.63 Å². The first-order valence-electron chi connectivity index (χ1n) is 10.7. The van der Waals surface area contributed by atoms with E-state index in [-0.39, 0.29) is 12.3 Å². The lowest BCUT2D eigenvalue weighted by molar-refractivity contribution is -0.120. The third-order valence-electron chi connectivity index (χ3n) is 5.91. The fourth-order valence-corrected chi connectivity index (χ4v) is 4.19. The molecule has 0 bridgehead atoms. The van der Waals surface area contributed by atoms with Crippen molar-refractivity contribution >= 4 is 27.8 Å². The van der Waals surface area contributed by atoms with Gasteiger partial charge in [0.05, 0.1) is 12.0 Å². The number of aromatic nitrogens is 1. The monoisotopic (exact) mass is 438 g/mol.